The molecule has 1 heterocycles. The lowest BCUT2D eigenvalue weighted by molar-refractivity contribution is 0.437. The summed E-state index contributed by atoms with van der Waals surface area (Å²) in [4.78, 5) is 0. The predicted molar refractivity (Wildman–Crippen MR) is 97.3 cm³/mol. The van der Waals surface area contributed by atoms with Crippen molar-refractivity contribution in [2.45, 2.75) is 25.9 Å². The summed E-state index contributed by atoms with van der Waals surface area (Å²) in [6, 6.07) is 11.2. The van der Waals surface area contributed by atoms with Crippen LogP contribution in [0.15, 0.2) is 42.6 Å². The average Bonchev–Trinajstić information content (AvgIpc) is 2.87. The third kappa shape index (κ3) is 2.90. The van der Waals surface area contributed by atoms with Crippen LogP contribution < -0.4 is 11.1 Å². The highest BCUT2D eigenvalue weighted by atomic mass is 16.3. The lowest BCUT2D eigenvalue weighted by Gasteiger charge is -2.19. The van der Waals surface area contributed by atoms with Crippen molar-refractivity contribution in [1.82, 2.24) is 4.57 Å². The number of rotatable bonds is 4. The van der Waals surface area contributed by atoms with E-state index in [1.54, 1.807) is 6.07 Å². The van der Waals surface area contributed by atoms with E-state index in [4.69, 9.17) is 5.73 Å². The maximum absolute atomic E-state index is 10.1. The minimum atomic E-state index is -0.579. The van der Waals surface area contributed by atoms with Gasteiger partial charge in [0, 0.05) is 41.5 Å². The van der Waals surface area contributed by atoms with Gasteiger partial charge in [-0.3, -0.25) is 0 Å². The zero-order valence-electron chi connectivity index (χ0n) is 14.1. The van der Waals surface area contributed by atoms with Crippen molar-refractivity contribution in [3.63, 3.8) is 0 Å². The number of nitrogens with one attached hydrogen (secondary N) is 1. The van der Waals surface area contributed by atoms with Crippen LogP contribution in [0.25, 0.3) is 10.9 Å². The van der Waals surface area contributed by atoms with Crippen molar-refractivity contribution < 1.29 is 10.2 Å². The van der Waals surface area contributed by atoms with E-state index in [-0.39, 0.29) is 17.4 Å². The number of anilines is 1. The Morgan fingerprint density at radius 3 is 2.42 bits per heavy atom. The molecule has 126 valence electrons. The Morgan fingerprint density at radius 2 is 1.71 bits per heavy atom. The first kappa shape index (κ1) is 16.2. The Balaban J connectivity index is 1.90. The van der Waals surface area contributed by atoms with Crippen molar-refractivity contribution >= 4 is 16.6 Å². The molecule has 2 aromatic carbocycles. The van der Waals surface area contributed by atoms with Gasteiger partial charge in [-0.1, -0.05) is 13.8 Å². The largest absolute Gasteiger partial charge is 0.508 e. The van der Waals surface area contributed by atoms with Gasteiger partial charge in [0.25, 0.3) is 0 Å². The fourth-order valence-corrected chi connectivity index (χ4v) is 2.95. The molecule has 1 unspecified atom stereocenters. The van der Waals surface area contributed by atoms with Crippen molar-refractivity contribution in [1.29, 1.82) is 0 Å². The molecule has 0 aliphatic rings. The molecule has 5 N–H and O–H groups in total. The quantitative estimate of drug-likeness (QED) is 0.550. The summed E-state index contributed by atoms with van der Waals surface area (Å²) in [5.41, 5.74) is 9.58. The molecule has 5 heteroatoms. The molecule has 0 saturated heterocycles. The first-order valence-electron chi connectivity index (χ1n) is 8.00. The number of hydrogen-bond acceptors (Lipinski definition) is 4. The molecule has 0 spiro atoms. The van der Waals surface area contributed by atoms with Gasteiger partial charge < -0.3 is 25.8 Å². The van der Waals surface area contributed by atoms with Crippen molar-refractivity contribution in [2.24, 2.45) is 12.8 Å². The predicted octanol–water partition coefficient (Wildman–Crippen LogP) is 3.78. The number of nitrogens with zero attached hydrogens (tertiary/aromatic N) is 1. The van der Waals surface area contributed by atoms with Gasteiger partial charge in [0.15, 0.2) is 0 Å². The molecule has 0 amide bonds. The Hall–Kier alpha value is -2.66. The van der Waals surface area contributed by atoms with E-state index in [9.17, 15) is 10.2 Å². The smallest absolute Gasteiger partial charge is 0.125 e. The minimum Gasteiger partial charge on any atom is -0.508 e. The highest BCUT2D eigenvalue weighted by Gasteiger charge is 2.16. The third-order valence-corrected chi connectivity index (χ3v) is 4.34. The molecular weight excluding hydrogens is 302 g/mol. The molecular formula is C19H23N3O2. The molecule has 5 nitrogen and oxygen atoms in total. The zero-order chi connectivity index (χ0) is 17.4. The number of hydrogen-bond donors (Lipinski definition) is 4. The van der Waals surface area contributed by atoms with Gasteiger partial charge in [-0.2, -0.15) is 0 Å². The van der Waals surface area contributed by atoms with E-state index >= 15 is 0 Å². The van der Waals surface area contributed by atoms with Crippen LogP contribution in [0.5, 0.6) is 11.5 Å². The number of aromatic hydroxyl groups is 2. The lowest BCUT2D eigenvalue weighted by Crippen LogP contribution is -2.20. The molecule has 24 heavy (non-hydrogen) atoms. The average molecular weight is 325 g/mol. The highest BCUT2D eigenvalue weighted by molar-refractivity contribution is 5.83. The van der Waals surface area contributed by atoms with Crippen LogP contribution in [-0.4, -0.2) is 14.8 Å². The van der Waals surface area contributed by atoms with Crippen LogP contribution in [0, 0.1) is 0 Å². The minimum absolute atomic E-state index is 0.0160. The monoisotopic (exact) mass is 325 g/mol. The summed E-state index contributed by atoms with van der Waals surface area (Å²) in [5.74, 6) is 0.207. The van der Waals surface area contributed by atoms with Crippen molar-refractivity contribution in [3.8, 4) is 11.5 Å². The lowest BCUT2D eigenvalue weighted by atomic mass is 9.98. The molecule has 0 fully saturated rings. The molecule has 1 aromatic heterocycles. The van der Waals surface area contributed by atoms with Gasteiger partial charge in [-0.25, -0.2) is 0 Å². The van der Waals surface area contributed by atoms with E-state index in [1.165, 1.54) is 6.07 Å². The maximum Gasteiger partial charge on any atom is 0.125 e. The van der Waals surface area contributed by atoms with Gasteiger partial charge in [0.2, 0.25) is 0 Å². The molecule has 0 radical (unpaired) electrons. The standard InChI is InChI=1S/C19H23N3O2/c1-11(2)14-9-15(18(24)10-17(14)23)19(20)21-13-4-5-16-12(8-13)6-7-22(16)3/h4-11,19,21,23-24H,20H2,1-3H3. The number of aromatic nitrogens is 1. The second-order valence-electron chi connectivity index (χ2n) is 6.45. The Kier molecular flexibility index (Phi) is 4.11. The van der Waals surface area contributed by atoms with E-state index in [2.05, 4.69) is 9.88 Å². The Morgan fingerprint density at radius 1 is 1.00 bits per heavy atom. The van der Waals surface area contributed by atoms with Gasteiger partial charge in [0.05, 0.1) is 0 Å². The Labute approximate surface area is 141 Å². The van der Waals surface area contributed by atoms with Crippen molar-refractivity contribution in [2.75, 3.05) is 5.32 Å². The molecule has 3 aromatic rings. The van der Waals surface area contributed by atoms with E-state index in [1.807, 2.05) is 51.4 Å². The number of phenols is 2. The number of aryl methyl sites for hydroxylation is 1. The second-order valence-corrected chi connectivity index (χ2v) is 6.45. The van der Waals surface area contributed by atoms with Gasteiger partial charge >= 0.3 is 0 Å². The summed E-state index contributed by atoms with van der Waals surface area (Å²) in [7, 11) is 2.00. The summed E-state index contributed by atoms with van der Waals surface area (Å²) >= 11 is 0. The first-order valence-corrected chi connectivity index (χ1v) is 8.00. The van der Waals surface area contributed by atoms with E-state index in [0.29, 0.717) is 5.56 Å². The maximum atomic E-state index is 10.1. The molecule has 0 bridgehead atoms. The fraction of sp³-hybridized carbons (Fsp3) is 0.263. The molecule has 0 aliphatic carbocycles. The summed E-state index contributed by atoms with van der Waals surface area (Å²) < 4.78 is 2.06. The topological polar surface area (TPSA) is 83.4 Å². The summed E-state index contributed by atoms with van der Waals surface area (Å²) in [5, 5.41) is 24.4. The van der Waals surface area contributed by atoms with Crippen LogP contribution in [0.1, 0.15) is 37.1 Å². The van der Waals surface area contributed by atoms with Gasteiger partial charge in [-0.05, 0) is 41.8 Å². The fourth-order valence-electron chi connectivity index (χ4n) is 2.95. The number of fused-ring (bicyclic) bond motifs is 1. The Bertz CT molecular complexity index is 884. The van der Waals surface area contributed by atoms with E-state index < -0.39 is 6.17 Å². The van der Waals surface area contributed by atoms with Crippen LogP contribution >= 0.6 is 0 Å². The molecule has 0 aliphatic heterocycles. The first-order chi connectivity index (χ1) is 11.4. The molecule has 3 rings (SSSR count). The van der Waals surface area contributed by atoms with Crippen LogP contribution in [0.2, 0.25) is 0 Å². The third-order valence-electron chi connectivity index (χ3n) is 4.34. The number of nitrogens with two attached hydrogens (primary N) is 1. The van der Waals surface area contributed by atoms with Crippen LogP contribution in [0.4, 0.5) is 5.69 Å². The number of phenolic OH excluding ortho intramolecular Hbond substituents is 2. The van der Waals surface area contributed by atoms with Crippen LogP contribution in [0.3, 0.4) is 0 Å². The normalized spacial score (nSPS) is 12.7. The summed E-state index contributed by atoms with van der Waals surface area (Å²) in [6.45, 7) is 3.97. The zero-order valence-corrected chi connectivity index (χ0v) is 14.1. The van der Waals surface area contributed by atoms with E-state index in [0.717, 1.165) is 22.2 Å². The van der Waals surface area contributed by atoms with Gasteiger partial charge in [-0.15, -0.1) is 0 Å². The summed E-state index contributed by atoms with van der Waals surface area (Å²) in [6.07, 6.45) is 1.43. The van der Waals surface area contributed by atoms with Crippen LogP contribution in [-0.2, 0) is 7.05 Å². The van der Waals surface area contributed by atoms with Gasteiger partial charge in [0.1, 0.15) is 17.7 Å². The molecule has 1 atom stereocenters. The second kappa shape index (κ2) is 6.09. The molecule has 0 saturated carbocycles. The van der Waals surface area contributed by atoms with Crippen molar-refractivity contribution in [3.05, 3.63) is 53.7 Å². The SMILES string of the molecule is CC(C)c1cc(C(N)Nc2ccc3c(ccn3C)c2)c(O)cc1O. The highest BCUT2D eigenvalue weighted by Crippen LogP contribution is 2.35. The number of benzene rings is 2.